The minimum Gasteiger partial charge on any atom is -0.439 e. The lowest BCUT2D eigenvalue weighted by atomic mass is 9.96. The third-order valence-corrected chi connectivity index (χ3v) is 6.02. The maximum absolute atomic E-state index is 14.0. The molecule has 1 aliphatic rings. The Morgan fingerprint density at radius 2 is 1.42 bits per heavy atom. The molecular weight excluding hydrogens is 584 g/mol. The van der Waals surface area contributed by atoms with Crippen molar-refractivity contribution in [3.05, 3.63) is 68.3 Å². The molecule has 3 rings (SSSR count). The van der Waals surface area contributed by atoms with E-state index in [1.165, 1.54) is 18.2 Å². The van der Waals surface area contributed by atoms with Crippen LogP contribution in [0.25, 0.3) is 0 Å². The standard InChI is InChI=1S/C20H13F9INO2/c1-9-15(10-6-11(18(21,22)23)8-12(7-10)19(24,25)26)33-17(32)31(9)16(20(27,28)29)13-4-2-3-5-14(13)30/h2-9,15-16H,1H3/t9-,15-,16-/m0/s1. The Morgan fingerprint density at radius 1 is 0.909 bits per heavy atom. The van der Waals surface area contributed by atoms with E-state index in [9.17, 15) is 44.3 Å². The number of nitrogens with zero attached hydrogens (tertiary/aromatic N) is 1. The van der Waals surface area contributed by atoms with Gasteiger partial charge in [-0.1, -0.05) is 18.2 Å². The third-order valence-electron chi connectivity index (χ3n) is 5.04. The summed E-state index contributed by atoms with van der Waals surface area (Å²) in [6.45, 7) is 1.07. The van der Waals surface area contributed by atoms with Gasteiger partial charge in [0, 0.05) is 3.57 Å². The number of benzene rings is 2. The number of carbonyl (C=O) groups excluding carboxylic acids is 1. The molecule has 1 heterocycles. The van der Waals surface area contributed by atoms with E-state index in [-0.39, 0.29) is 20.1 Å². The van der Waals surface area contributed by atoms with Gasteiger partial charge in [0.05, 0.1) is 17.2 Å². The van der Waals surface area contributed by atoms with Gasteiger partial charge in [-0.3, -0.25) is 4.90 Å². The van der Waals surface area contributed by atoms with Crippen LogP contribution in [0.2, 0.25) is 0 Å². The molecule has 1 aliphatic heterocycles. The van der Waals surface area contributed by atoms with Gasteiger partial charge in [0.15, 0.2) is 6.04 Å². The Bertz CT molecular complexity index is 1020. The summed E-state index contributed by atoms with van der Waals surface area (Å²) in [5, 5.41) is 0. The highest BCUT2D eigenvalue weighted by atomic mass is 127. The highest BCUT2D eigenvalue weighted by Gasteiger charge is 2.54. The lowest BCUT2D eigenvalue weighted by molar-refractivity contribution is -0.181. The number of ether oxygens (including phenoxy) is 1. The quantitative estimate of drug-likeness (QED) is 0.271. The van der Waals surface area contributed by atoms with E-state index in [0.717, 1.165) is 13.0 Å². The van der Waals surface area contributed by atoms with Gasteiger partial charge in [-0.25, -0.2) is 4.79 Å². The molecule has 13 heteroatoms. The van der Waals surface area contributed by atoms with Crippen LogP contribution in [0.1, 0.15) is 41.3 Å². The van der Waals surface area contributed by atoms with Crippen molar-refractivity contribution in [2.45, 2.75) is 43.6 Å². The molecular formula is C20H13F9INO2. The predicted molar refractivity (Wildman–Crippen MR) is 105 cm³/mol. The first-order valence-corrected chi connectivity index (χ1v) is 10.2. The van der Waals surface area contributed by atoms with Gasteiger partial charge in [-0.05, 0) is 64.9 Å². The van der Waals surface area contributed by atoms with Crippen molar-refractivity contribution < 1.29 is 49.0 Å². The van der Waals surface area contributed by atoms with E-state index in [4.69, 9.17) is 4.74 Å². The molecule has 0 aromatic heterocycles. The molecule has 0 unspecified atom stereocenters. The van der Waals surface area contributed by atoms with Crippen LogP contribution in [0.5, 0.6) is 0 Å². The van der Waals surface area contributed by atoms with Crippen molar-refractivity contribution in [2.24, 2.45) is 0 Å². The van der Waals surface area contributed by atoms with Crippen molar-refractivity contribution in [3.8, 4) is 0 Å². The van der Waals surface area contributed by atoms with Gasteiger partial charge in [0.25, 0.3) is 0 Å². The second-order valence-electron chi connectivity index (χ2n) is 7.26. The fraction of sp³-hybridized carbons (Fsp3) is 0.350. The first kappa shape index (κ1) is 25.4. The van der Waals surface area contributed by atoms with Crippen molar-refractivity contribution >= 4 is 28.7 Å². The molecule has 0 spiro atoms. The highest BCUT2D eigenvalue weighted by molar-refractivity contribution is 14.1. The number of amides is 1. The topological polar surface area (TPSA) is 29.5 Å². The summed E-state index contributed by atoms with van der Waals surface area (Å²) in [7, 11) is 0. The third kappa shape index (κ3) is 5.17. The highest BCUT2D eigenvalue weighted by Crippen LogP contribution is 2.47. The zero-order valence-corrected chi connectivity index (χ0v) is 18.5. The molecule has 0 N–H and O–H groups in total. The van der Waals surface area contributed by atoms with Gasteiger partial charge in [-0.2, -0.15) is 39.5 Å². The second kappa shape index (κ2) is 8.55. The molecule has 2 aromatic rings. The largest absolute Gasteiger partial charge is 0.439 e. The number of rotatable bonds is 3. The minimum absolute atomic E-state index is 0.118. The number of alkyl halides is 9. The summed E-state index contributed by atoms with van der Waals surface area (Å²) >= 11 is 1.63. The van der Waals surface area contributed by atoms with Crippen LogP contribution < -0.4 is 0 Å². The number of cyclic esters (lactones) is 1. The van der Waals surface area contributed by atoms with E-state index in [1.807, 2.05) is 0 Å². The number of hydrogen-bond donors (Lipinski definition) is 0. The van der Waals surface area contributed by atoms with Crippen LogP contribution in [0.15, 0.2) is 42.5 Å². The maximum Gasteiger partial charge on any atom is 0.416 e. The fourth-order valence-corrected chi connectivity index (χ4v) is 4.27. The summed E-state index contributed by atoms with van der Waals surface area (Å²) in [4.78, 5) is 12.7. The lowest BCUT2D eigenvalue weighted by Gasteiger charge is -2.32. The Morgan fingerprint density at radius 3 is 1.88 bits per heavy atom. The van der Waals surface area contributed by atoms with Crippen molar-refractivity contribution in [3.63, 3.8) is 0 Å². The summed E-state index contributed by atoms with van der Waals surface area (Å²) in [6.07, 6.45) is -18.7. The van der Waals surface area contributed by atoms with Gasteiger partial charge in [0.2, 0.25) is 0 Å². The Kier molecular flexibility index (Phi) is 6.59. The van der Waals surface area contributed by atoms with Gasteiger partial charge < -0.3 is 4.74 Å². The van der Waals surface area contributed by atoms with Crippen LogP contribution in [-0.2, 0) is 17.1 Å². The summed E-state index contributed by atoms with van der Waals surface area (Å²) in [5.74, 6) is 0. The molecule has 3 nitrogen and oxygen atoms in total. The van der Waals surface area contributed by atoms with Gasteiger partial charge >= 0.3 is 24.6 Å². The molecule has 0 aliphatic carbocycles. The number of hydrogen-bond acceptors (Lipinski definition) is 2. The van der Waals surface area contributed by atoms with E-state index < -0.39 is 59.5 Å². The maximum atomic E-state index is 14.0. The number of carbonyl (C=O) groups is 1. The lowest BCUT2D eigenvalue weighted by Crippen LogP contribution is -2.43. The SMILES string of the molecule is C[C@H]1[C@@H](c2cc(C(F)(F)F)cc(C(F)(F)F)c2)OC(=O)N1[C@@H](c1ccccc1I)C(F)(F)F. The molecule has 33 heavy (non-hydrogen) atoms. The van der Waals surface area contributed by atoms with E-state index >= 15 is 0 Å². The van der Waals surface area contributed by atoms with Crippen LogP contribution in [0.4, 0.5) is 44.3 Å². The minimum atomic E-state index is -5.17. The summed E-state index contributed by atoms with van der Waals surface area (Å²) in [6, 6.07) is 1.75. The number of halogens is 10. The monoisotopic (exact) mass is 597 g/mol. The van der Waals surface area contributed by atoms with Crippen LogP contribution in [0.3, 0.4) is 0 Å². The fourth-order valence-electron chi connectivity index (χ4n) is 3.59. The molecule has 0 radical (unpaired) electrons. The van der Waals surface area contributed by atoms with E-state index in [2.05, 4.69) is 0 Å². The van der Waals surface area contributed by atoms with Gasteiger partial charge in [-0.15, -0.1) is 0 Å². The zero-order valence-electron chi connectivity index (χ0n) is 16.3. The molecule has 3 atom stereocenters. The average molecular weight is 597 g/mol. The van der Waals surface area contributed by atoms with Crippen molar-refractivity contribution in [1.29, 1.82) is 0 Å². The molecule has 1 saturated heterocycles. The first-order valence-electron chi connectivity index (χ1n) is 9.11. The van der Waals surface area contributed by atoms with Crippen LogP contribution >= 0.6 is 22.6 Å². The molecule has 1 amide bonds. The summed E-state index contributed by atoms with van der Waals surface area (Å²) in [5.41, 5.74) is -4.36. The summed E-state index contributed by atoms with van der Waals surface area (Å²) < 4.78 is 126. The second-order valence-corrected chi connectivity index (χ2v) is 8.42. The van der Waals surface area contributed by atoms with Gasteiger partial charge in [0.1, 0.15) is 6.10 Å². The van der Waals surface area contributed by atoms with Crippen LogP contribution in [-0.4, -0.2) is 23.2 Å². The van der Waals surface area contributed by atoms with Crippen molar-refractivity contribution in [2.75, 3.05) is 0 Å². The zero-order chi connectivity index (χ0) is 24.9. The molecule has 180 valence electrons. The Balaban J connectivity index is 2.10. The Hall–Kier alpha value is -2.19. The smallest absolute Gasteiger partial charge is 0.416 e. The normalized spacial score (nSPS) is 20.7. The van der Waals surface area contributed by atoms with Crippen molar-refractivity contribution in [1.82, 2.24) is 4.90 Å². The molecule has 2 aromatic carbocycles. The molecule has 0 bridgehead atoms. The Labute approximate surface area is 194 Å². The van der Waals surface area contributed by atoms with Crippen LogP contribution in [0, 0.1) is 3.57 Å². The molecule has 1 fully saturated rings. The van der Waals surface area contributed by atoms with E-state index in [1.54, 1.807) is 22.6 Å². The molecule has 0 saturated carbocycles. The predicted octanol–water partition coefficient (Wildman–Crippen LogP) is 7.51. The average Bonchev–Trinajstić information content (AvgIpc) is 2.95. The van der Waals surface area contributed by atoms with E-state index in [0.29, 0.717) is 12.1 Å². The first-order chi connectivity index (χ1) is 15.0.